The molecule has 0 aliphatic carbocycles. The minimum absolute atomic E-state index is 0.0934. The van der Waals surface area contributed by atoms with Crippen LogP contribution in [0.2, 0.25) is 0 Å². The summed E-state index contributed by atoms with van der Waals surface area (Å²) in [7, 11) is 0. The van der Waals surface area contributed by atoms with Crippen LogP contribution in [0, 0.1) is 0 Å². The Morgan fingerprint density at radius 2 is 1.74 bits per heavy atom. The number of nitrogens with zero attached hydrogens (tertiary/aromatic N) is 2. The molecular formula is C22H20N2OS2. The molecule has 2 aromatic heterocycles. The summed E-state index contributed by atoms with van der Waals surface area (Å²) in [5, 5.41) is 1.86. The van der Waals surface area contributed by atoms with E-state index in [4.69, 9.17) is 0 Å². The van der Waals surface area contributed by atoms with Gasteiger partial charge in [-0.1, -0.05) is 49.0 Å². The standard InChI is InChI=1S/C22H20N2OS2/c1-3-12-24-14-20(21(25)16-9-5-7-11-18(16)24)27-22-15-8-4-6-10-17(15)23-13-19(22)26-2/h4-11,13-14H,3,12H2,1-2H3. The van der Waals surface area contributed by atoms with Gasteiger partial charge in [0.25, 0.3) is 0 Å². The first-order valence-electron chi connectivity index (χ1n) is 8.94. The van der Waals surface area contributed by atoms with Crippen LogP contribution in [-0.2, 0) is 6.54 Å². The van der Waals surface area contributed by atoms with Gasteiger partial charge in [0.1, 0.15) is 0 Å². The van der Waals surface area contributed by atoms with Gasteiger partial charge >= 0.3 is 0 Å². The van der Waals surface area contributed by atoms with E-state index in [-0.39, 0.29) is 5.43 Å². The summed E-state index contributed by atoms with van der Waals surface area (Å²) < 4.78 is 2.20. The number of benzene rings is 2. The third-order valence-corrected chi connectivity index (χ3v) is 6.58. The number of thioether (sulfide) groups is 1. The molecule has 0 aliphatic heterocycles. The van der Waals surface area contributed by atoms with Crippen molar-refractivity contribution in [1.82, 2.24) is 9.55 Å². The number of fused-ring (bicyclic) bond motifs is 2. The quantitative estimate of drug-likeness (QED) is 0.400. The summed E-state index contributed by atoms with van der Waals surface area (Å²) in [6, 6.07) is 16.0. The van der Waals surface area contributed by atoms with E-state index in [0.717, 1.165) is 49.5 Å². The van der Waals surface area contributed by atoms with Gasteiger partial charge in [0, 0.05) is 39.5 Å². The first kappa shape index (κ1) is 18.1. The highest BCUT2D eigenvalue weighted by molar-refractivity contribution is 8.02. The topological polar surface area (TPSA) is 34.9 Å². The van der Waals surface area contributed by atoms with Crippen LogP contribution in [0.3, 0.4) is 0 Å². The van der Waals surface area contributed by atoms with E-state index < -0.39 is 0 Å². The van der Waals surface area contributed by atoms with Crippen molar-refractivity contribution in [3.63, 3.8) is 0 Å². The van der Waals surface area contributed by atoms with E-state index >= 15 is 0 Å². The Morgan fingerprint density at radius 3 is 2.52 bits per heavy atom. The predicted octanol–water partition coefficient (Wildman–Crippen LogP) is 5.83. The molecule has 0 saturated carbocycles. The van der Waals surface area contributed by atoms with Crippen molar-refractivity contribution in [2.75, 3.05) is 6.26 Å². The van der Waals surface area contributed by atoms with Crippen molar-refractivity contribution in [2.45, 2.75) is 34.6 Å². The molecule has 3 nitrogen and oxygen atoms in total. The van der Waals surface area contributed by atoms with Gasteiger partial charge in [-0.2, -0.15) is 0 Å². The number of aryl methyl sites for hydroxylation is 1. The highest BCUT2D eigenvalue weighted by Gasteiger charge is 2.14. The molecular weight excluding hydrogens is 372 g/mol. The number of aromatic nitrogens is 2. The van der Waals surface area contributed by atoms with Crippen LogP contribution in [0.1, 0.15) is 13.3 Å². The van der Waals surface area contributed by atoms with Crippen molar-refractivity contribution in [3.05, 3.63) is 71.1 Å². The van der Waals surface area contributed by atoms with Crippen LogP contribution in [0.5, 0.6) is 0 Å². The molecule has 5 heteroatoms. The Hall–Kier alpha value is -2.24. The second-order valence-electron chi connectivity index (χ2n) is 6.31. The molecule has 0 unspecified atom stereocenters. The molecule has 2 aromatic carbocycles. The van der Waals surface area contributed by atoms with Crippen LogP contribution in [0.25, 0.3) is 21.8 Å². The van der Waals surface area contributed by atoms with Crippen LogP contribution in [0.4, 0.5) is 0 Å². The third kappa shape index (κ3) is 3.37. The first-order chi connectivity index (χ1) is 13.2. The Labute approximate surface area is 166 Å². The molecule has 0 fully saturated rings. The molecule has 27 heavy (non-hydrogen) atoms. The lowest BCUT2D eigenvalue weighted by Crippen LogP contribution is -2.11. The lowest BCUT2D eigenvalue weighted by molar-refractivity contribution is 0.690. The largest absolute Gasteiger partial charge is 0.346 e. The zero-order valence-electron chi connectivity index (χ0n) is 15.3. The van der Waals surface area contributed by atoms with Crippen molar-refractivity contribution in [1.29, 1.82) is 0 Å². The lowest BCUT2D eigenvalue weighted by atomic mass is 10.2. The SMILES string of the molecule is CCCn1cc(Sc2c(SC)cnc3ccccc23)c(=O)c2ccccc21. The van der Waals surface area contributed by atoms with Crippen LogP contribution in [0.15, 0.2) is 80.4 Å². The molecule has 2 heterocycles. The fourth-order valence-corrected chi connectivity index (χ4v) is 5.14. The van der Waals surface area contributed by atoms with E-state index in [0.29, 0.717) is 0 Å². The molecule has 0 spiro atoms. The summed E-state index contributed by atoms with van der Waals surface area (Å²) in [5.74, 6) is 0. The highest BCUT2D eigenvalue weighted by atomic mass is 32.2. The van der Waals surface area contributed by atoms with Crippen molar-refractivity contribution in [3.8, 4) is 0 Å². The Kier molecular flexibility index (Phi) is 5.23. The minimum atomic E-state index is 0.0934. The van der Waals surface area contributed by atoms with E-state index in [1.807, 2.05) is 61.1 Å². The molecule has 0 aliphatic rings. The summed E-state index contributed by atoms with van der Waals surface area (Å²) in [5.41, 5.74) is 2.04. The minimum Gasteiger partial charge on any atom is -0.346 e. The number of hydrogen-bond acceptors (Lipinski definition) is 4. The van der Waals surface area contributed by atoms with Crippen molar-refractivity contribution in [2.24, 2.45) is 0 Å². The molecule has 4 rings (SSSR count). The van der Waals surface area contributed by atoms with Gasteiger partial charge in [0.15, 0.2) is 0 Å². The number of rotatable bonds is 5. The zero-order chi connectivity index (χ0) is 18.8. The average Bonchev–Trinajstić information content (AvgIpc) is 2.71. The van der Waals surface area contributed by atoms with Crippen LogP contribution >= 0.6 is 23.5 Å². The van der Waals surface area contributed by atoms with Gasteiger partial charge in [-0.3, -0.25) is 9.78 Å². The van der Waals surface area contributed by atoms with Gasteiger partial charge in [0.05, 0.1) is 15.9 Å². The number of hydrogen-bond donors (Lipinski definition) is 0. The Morgan fingerprint density at radius 1 is 1.00 bits per heavy atom. The van der Waals surface area contributed by atoms with E-state index in [2.05, 4.69) is 22.5 Å². The molecule has 0 atom stereocenters. The van der Waals surface area contributed by atoms with Gasteiger partial charge in [-0.25, -0.2) is 0 Å². The van der Waals surface area contributed by atoms with Gasteiger partial charge in [0.2, 0.25) is 5.43 Å². The monoisotopic (exact) mass is 392 g/mol. The van der Waals surface area contributed by atoms with Crippen LogP contribution in [-0.4, -0.2) is 15.8 Å². The molecule has 136 valence electrons. The summed E-state index contributed by atoms with van der Waals surface area (Å²) in [6.07, 6.45) is 6.98. The molecule has 0 bridgehead atoms. The number of pyridine rings is 2. The maximum atomic E-state index is 13.2. The lowest BCUT2D eigenvalue weighted by Gasteiger charge is -2.14. The molecule has 0 radical (unpaired) electrons. The van der Waals surface area contributed by atoms with Crippen molar-refractivity contribution >= 4 is 45.3 Å². The molecule has 4 aromatic rings. The van der Waals surface area contributed by atoms with E-state index in [1.165, 1.54) is 0 Å². The summed E-state index contributed by atoms with van der Waals surface area (Å²) in [4.78, 5) is 20.7. The van der Waals surface area contributed by atoms with Gasteiger partial charge in [-0.05, 0) is 30.9 Å². The van der Waals surface area contributed by atoms with E-state index in [1.54, 1.807) is 23.5 Å². The summed E-state index contributed by atoms with van der Waals surface area (Å²) in [6.45, 7) is 3.04. The normalized spacial score (nSPS) is 11.3. The van der Waals surface area contributed by atoms with E-state index in [9.17, 15) is 4.79 Å². The second kappa shape index (κ2) is 7.79. The molecule has 0 amide bonds. The zero-order valence-corrected chi connectivity index (χ0v) is 16.9. The first-order valence-corrected chi connectivity index (χ1v) is 11.0. The third-order valence-electron chi connectivity index (χ3n) is 4.54. The molecule has 0 N–H and O–H groups in total. The predicted molar refractivity (Wildman–Crippen MR) is 116 cm³/mol. The fraction of sp³-hybridized carbons (Fsp3) is 0.182. The van der Waals surface area contributed by atoms with Crippen molar-refractivity contribution < 1.29 is 0 Å². The molecule has 0 saturated heterocycles. The number of para-hydroxylation sites is 2. The fourth-order valence-electron chi connectivity index (χ4n) is 3.28. The van der Waals surface area contributed by atoms with Crippen LogP contribution < -0.4 is 5.43 Å². The smallest absolute Gasteiger partial charge is 0.203 e. The maximum Gasteiger partial charge on any atom is 0.203 e. The second-order valence-corrected chi connectivity index (χ2v) is 8.21. The highest BCUT2D eigenvalue weighted by Crippen LogP contribution is 2.38. The maximum absolute atomic E-state index is 13.2. The van der Waals surface area contributed by atoms with Gasteiger partial charge < -0.3 is 4.57 Å². The average molecular weight is 393 g/mol. The Balaban J connectivity index is 1.93. The Bertz CT molecular complexity index is 1180. The summed E-state index contributed by atoms with van der Waals surface area (Å²) >= 11 is 3.22. The van der Waals surface area contributed by atoms with Gasteiger partial charge in [-0.15, -0.1) is 11.8 Å².